The van der Waals surface area contributed by atoms with E-state index in [-0.39, 0.29) is 18.3 Å². The van der Waals surface area contributed by atoms with Crippen molar-refractivity contribution >= 4 is 34.2 Å². The molecule has 1 heterocycles. The maximum atomic E-state index is 13.0. The molecule has 1 aromatic rings. The molecule has 2 N–H and O–H groups in total. The van der Waals surface area contributed by atoms with Gasteiger partial charge in [0.05, 0.1) is 5.56 Å². The lowest BCUT2D eigenvalue weighted by molar-refractivity contribution is 0.0949. The molecule has 1 amide bonds. The Morgan fingerprint density at radius 3 is 3.00 bits per heavy atom. The number of hydrogen-bond acceptors (Lipinski definition) is 2. The summed E-state index contributed by atoms with van der Waals surface area (Å²) in [6, 6.07) is 4.44. The summed E-state index contributed by atoms with van der Waals surface area (Å²) in [6.45, 7) is 1.59. The molecule has 1 unspecified atom stereocenters. The maximum absolute atomic E-state index is 13.0. The molecule has 0 radical (unpaired) electrons. The van der Waals surface area contributed by atoms with Crippen molar-refractivity contribution in [1.29, 1.82) is 0 Å². The van der Waals surface area contributed by atoms with E-state index in [1.165, 1.54) is 18.2 Å². The normalized spacial score (nSPS) is 18.2. The number of amides is 1. The average Bonchev–Trinajstić information content (AvgIpc) is 2.82. The Kier molecular flexibility index (Phi) is 6.05. The van der Waals surface area contributed by atoms with E-state index >= 15 is 0 Å². The molecule has 0 aliphatic carbocycles. The molecule has 1 aromatic carbocycles. The summed E-state index contributed by atoms with van der Waals surface area (Å²) in [5, 5.41) is 6.10. The van der Waals surface area contributed by atoms with E-state index in [1.807, 2.05) is 0 Å². The topological polar surface area (TPSA) is 41.1 Å². The summed E-state index contributed by atoms with van der Waals surface area (Å²) < 4.78 is 13.6. The van der Waals surface area contributed by atoms with E-state index in [1.54, 1.807) is 0 Å². The molecule has 0 bridgehead atoms. The highest BCUT2D eigenvalue weighted by atomic mass is 79.9. The third-order valence-corrected chi connectivity index (χ3v) is 3.54. The van der Waals surface area contributed by atoms with Crippen LogP contribution in [0.1, 0.15) is 23.2 Å². The third-order valence-electron chi connectivity index (χ3n) is 2.84. The minimum Gasteiger partial charge on any atom is -0.350 e. The minimum atomic E-state index is -0.405. The second-order valence-corrected chi connectivity index (χ2v) is 4.98. The van der Waals surface area contributed by atoms with E-state index in [0.29, 0.717) is 22.6 Å². The molecule has 1 aliphatic rings. The molecular formula is C12H15BrClFN2O. The molecule has 100 valence electrons. The Hall–Kier alpha value is -0.650. The molecule has 1 fully saturated rings. The summed E-state index contributed by atoms with van der Waals surface area (Å²) in [4.78, 5) is 11.8. The first-order valence-corrected chi connectivity index (χ1v) is 6.43. The quantitative estimate of drug-likeness (QED) is 0.890. The molecular weight excluding hydrogens is 322 g/mol. The standard InChI is InChI=1S/C12H14BrFN2O.ClH/c13-11-4-3-8(14)6-10(11)12(17)16-7-9-2-1-5-15-9;/h3-4,6,9,15H,1-2,5,7H2,(H,16,17);1H. The molecule has 0 aromatic heterocycles. The van der Waals surface area contributed by atoms with Crippen LogP contribution in [0.5, 0.6) is 0 Å². The Bertz CT molecular complexity index is 425. The van der Waals surface area contributed by atoms with E-state index in [0.717, 1.165) is 19.4 Å². The first-order valence-electron chi connectivity index (χ1n) is 5.63. The van der Waals surface area contributed by atoms with Crippen LogP contribution in [0.4, 0.5) is 4.39 Å². The molecule has 2 rings (SSSR count). The van der Waals surface area contributed by atoms with Crippen molar-refractivity contribution in [3.05, 3.63) is 34.1 Å². The zero-order chi connectivity index (χ0) is 12.3. The third kappa shape index (κ3) is 3.93. The number of carbonyl (C=O) groups excluding carboxylic acids is 1. The molecule has 1 saturated heterocycles. The zero-order valence-corrected chi connectivity index (χ0v) is 12.1. The Morgan fingerprint density at radius 2 is 2.33 bits per heavy atom. The molecule has 1 aliphatic heterocycles. The summed E-state index contributed by atoms with van der Waals surface area (Å²) >= 11 is 3.24. The van der Waals surface area contributed by atoms with E-state index in [9.17, 15) is 9.18 Å². The fourth-order valence-electron chi connectivity index (χ4n) is 1.91. The number of rotatable bonds is 3. The number of hydrogen-bond donors (Lipinski definition) is 2. The van der Waals surface area contributed by atoms with Crippen LogP contribution in [-0.2, 0) is 0 Å². The van der Waals surface area contributed by atoms with Crippen LogP contribution >= 0.6 is 28.3 Å². The van der Waals surface area contributed by atoms with Gasteiger partial charge in [0.2, 0.25) is 0 Å². The second-order valence-electron chi connectivity index (χ2n) is 4.13. The largest absolute Gasteiger partial charge is 0.350 e. The molecule has 3 nitrogen and oxygen atoms in total. The highest BCUT2D eigenvalue weighted by molar-refractivity contribution is 9.10. The van der Waals surface area contributed by atoms with Gasteiger partial charge in [0.15, 0.2) is 0 Å². The van der Waals surface area contributed by atoms with Gasteiger partial charge >= 0.3 is 0 Å². The van der Waals surface area contributed by atoms with E-state index < -0.39 is 5.82 Å². The van der Waals surface area contributed by atoms with Gasteiger partial charge in [-0.3, -0.25) is 4.79 Å². The Labute approximate surface area is 120 Å². The Morgan fingerprint density at radius 1 is 1.56 bits per heavy atom. The van der Waals surface area contributed by atoms with Crippen molar-refractivity contribution < 1.29 is 9.18 Å². The Balaban J connectivity index is 0.00000162. The highest BCUT2D eigenvalue weighted by Gasteiger charge is 2.16. The molecule has 1 atom stereocenters. The van der Waals surface area contributed by atoms with Gasteiger partial charge in [-0.25, -0.2) is 4.39 Å². The van der Waals surface area contributed by atoms with Crippen LogP contribution in [0.3, 0.4) is 0 Å². The zero-order valence-electron chi connectivity index (χ0n) is 9.71. The number of halogens is 3. The van der Waals surface area contributed by atoms with Crippen molar-refractivity contribution in [1.82, 2.24) is 10.6 Å². The van der Waals surface area contributed by atoms with Crippen LogP contribution in [0.25, 0.3) is 0 Å². The summed E-state index contributed by atoms with van der Waals surface area (Å²) in [5.74, 6) is -0.651. The minimum absolute atomic E-state index is 0. The van der Waals surface area contributed by atoms with Crippen molar-refractivity contribution in [3.8, 4) is 0 Å². The number of benzene rings is 1. The van der Waals surface area contributed by atoms with Gasteiger partial charge in [0.1, 0.15) is 5.82 Å². The lowest BCUT2D eigenvalue weighted by Gasteiger charge is -2.12. The first-order chi connectivity index (χ1) is 8.16. The smallest absolute Gasteiger partial charge is 0.252 e. The van der Waals surface area contributed by atoms with Crippen molar-refractivity contribution in [2.75, 3.05) is 13.1 Å². The monoisotopic (exact) mass is 336 g/mol. The van der Waals surface area contributed by atoms with Crippen LogP contribution in [0.2, 0.25) is 0 Å². The summed E-state index contributed by atoms with van der Waals surface area (Å²) in [7, 11) is 0. The van der Waals surface area contributed by atoms with E-state index in [2.05, 4.69) is 26.6 Å². The highest BCUT2D eigenvalue weighted by Crippen LogP contribution is 2.17. The van der Waals surface area contributed by atoms with Crippen molar-refractivity contribution in [3.63, 3.8) is 0 Å². The predicted octanol–water partition coefficient (Wildman–Crippen LogP) is 2.49. The van der Waals surface area contributed by atoms with Gasteiger partial charge in [-0.2, -0.15) is 0 Å². The van der Waals surface area contributed by atoms with Crippen LogP contribution < -0.4 is 10.6 Å². The van der Waals surface area contributed by atoms with Gasteiger partial charge < -0.3 is 10.6 Å². The van der Waals surface area contributed by atoms with Crippen molar-refractivity contribution in [2.24, 2.45) is 0 Å². The molecule has 18 heavy (non-hydrogen) atoms. The SMILES string of the molecule is Cl.O=C(NCC1CCCN1)c1cc(F)ccc1Br. The van der Waals surface area contributed by atoms with Gasteiger partial charge in [-0.1, -0.05) is 0 Å². The summed E-state index contributed by atoms with van der Waals surface area (Å²) in [6.07, 6.45) is 2.22. The van der Waals surface area contributed by atoms with Gasteiger partial charge in [0.25, 0.3) is 5.91 Å². The average molecular weight is 338 g/mol. The fraction of sp³-hybridized carbons (Fsp3) is 0.417. The first kappa shape index (κ1) is 15.4. The van der Waals surface area contributed by atoms with Crippen LogP contribution in [0.15, 0.2) is 22.7 Å². The second kappa shape index (κ2) is 7.07. The summed E-state index contributed by atoms with van der Waals surface area (Å²) in [5.41, 5.74) is 0.336. The van der Waals surface area contributed by atoms with Crippen LogP contribution in [0, 0.1) is 5.82 Å². The van der Waals surface area contributed by atoms with Gasteiger partial charge in [-0.15, -0.1) is 12.4 Å². The predicted molar refractivity (Wildman–Crippen MR) is 74.7 cm³/mol. The molecule has 0 saturated carbocycles. The van der Waals surface area contributed by atoms with Gasteiger partial charge in [0, 0.05) is 17.1 Å². The number of nitrogens with one attached hydrogen (secondary N) is 2. The lowest BCUT2D eigenvalue weighted by Crippen LogP contribution is -2.37. The van der Waals surface area contributed by atoms with Crippen LogP contribution in [-0.4, -0.2) is 25.0 Å². The molecule has 6 heteroatoms. The lowest BCUT2D eigenvalue weighted by atomic mass is 10.2. The molecule has 0 spiro atoms. The number of carbonyl (C=O) groups is 1. The maximum Gasteiger partial charge on any atom is 0.252 e. The van der Waals surface area contributed by atoms with Gasteiger partial charge in [-0.05, 0) is 53.5 Å². The van der Waals surface area contributed by atoms with Crippen molar-refractivity contribution in [2.45, 2.75) is 18.9 Å². The van der Waals surface area contributed by atoms with E-state index in [4.69, 9.17) is 0 Å². The fourth-order valence-corrected chi connectivity index (χ4v) is 2.34.